The lowest BCUT2D eigenvalue weighted by atomic mass is 10.1. The lowest BCUT2D eigenvalue weighted by molar-refractivity contribution is 1.14. The van der Waals surface area contributed by atoms with Crippen molar-refractivity contribution in [2.75, 3.05) is 5.32 Å². The van der Waals surface area contributed by atoms with Crippen LogP contribution < -0.4 is 5.32 Å². The van der Waals surface area contributed by atoms with E-state index in [-0.39, 0.29) is 0 Å². The minimum atomic E-state index is 0.730. The first-order valence-corrected chi connectivity index (χ1v) is 7.17. The van der Waals surface area contributed by atoms with E-state index in [0.29, 0.717) is 0 Å². The number of aromatic nitrogens is 2. The molecule has 0 aliphatic carbocycles. The Bertz CT molecular complexity index is 667. The van der Waals surface area contributed by atoms with Crippen LogP contribution in [0, 0.1) is 0 Å². The molecule has 18 heavy (non-hydrogen) atoms. The van der Waals surface area contributed by atoms with Crippen LogP contribution >= 0.6 is 27.3 Å². The molecule has 3 aromatic rings. The number of halogens is 1. The number of thiazole rings is 1. The third-order valence-corrected chi connectivity index (χ3v) is 4.08. The molecule has 0 saturated heterocycles. The van der Waals surface area contributed by atoms with Gasteiger partial charge in [0.25, 0.3) is 0 Å². The van der Waals surface area contributed by atoms with Gasteiger partial charge < -0.3 is 5.32 Å². The Morgan fingerprint density at radius 3 is 2.94 bits per heavy atom. The molecule has 3 rings (SSSR count). The highest BCUT2D eigenvalue weighted by Gasteiger charge is 2.05. The van der Waals surface area contributed by atoms with Crippen molar-refractivity contribution in [1.29, 1.82) is 0 Å². The van der Waals surface area contributed by atoms with Gasteiger partial charge in [0.1, 0.15) is 0 Å². The Morgan fingerprint density at radius 1 is 1.17 bits per heavy atom. The van der Waals surface area contributed by atoms with Crippen molar-refractivity contribution in [3.05, 3.63) is 52.1 Å². The van der Waals surface area contributed by atoms with Crippen LogP contribution in [0.1, 0.15) is 5.56 Å². The van der Waals surface area contributed by atoms with E-state index in [1.807, 2.05) is 17.6 Å². The Kier molecular flexibility index (Phi) is 3.25. The summed E-state index contributed by atoms with van der Waals surface area (Å²) < 4.78 is 1.07. The van der Waals surface area contributed by atoms with Gasteiger partial charge >= 0.3 is 0 Å². The molecular formula is C13H10BrN3S. The predicted octanol–water partition coefficient (Wildman–Crippen LogP) is 4.07. The number of anilines is 1. The fraction of sp³-hybridized carbons (Fsp3) is 0.0769. The second kappa shape index (κ2) is 5.04. The first-order chi connectivity index (χ1) is 8.84. The van der Waals surface area contributed by atoms with Crippen molar-refractivity contribution in [1.82, 2.24) is 9.97 Å². The highest BCUT2D eigenvalue weighted by Crippen LogP contribution is 2.25. The maximum atomic E-state index is 4.45. The van der Waals surface area contributed by atoms with E-state index in [4.69, 9.17) is 0 Å². The molecule has 1 aromatic carbocycles. The number of nitrogens with one attached hydrogen (secondary N) is 1. The van der Waals surface area contributed by atoms with Crippen LogP contribution in [0.5, 0.6) is 0 Å². The maximum Gasteiger partial charge on any atom is 0.182 e. The first-order valence-electron chi connectivity index (χ1n) is 5.50. The molecule has 0 unspecified atom stereocenters. The van der Waals surface area contributed by atoms with Gasteiger partial charge in [0.15, 0.2) is 5.13 Å². The molecule has 0 fully saturated rings. The van der Waals surface area contributed by atoms with E-state index < -0.39 is 0 Å². The van der Waals surface area contributed by atoms with Crippen LogP contribution in [0.25, 0.3) is 10.9 Å². The molecule has 0 amide bonds. The average Bonchev–Trinajstić information content (AvgIpc) is 2.92. The van der Waals surface area contributed by atoms with Crippen molar-refractivity contribution in [2.45, 2.75) is 6.54 Å². The standard InChI is InChI=1S/C13H10BrN3S/c14-11-4-3-9(8-17-13-16-6-7-18-13)12-10(11)2-1-5-15-12/h1-7H,8H2,(H,16,17). The van der Waals surface area contributed by atoms with E-state index in [0.717, 1.165) is 27.1 Å². The second-order valence-electron chi connectivity index (χ2n) is 3.80. The summed E-state index contributed by atoms with van der Waals surface area (Å²) in [6, 6.07) is 8.16. The van der Waals surface area contributed by atoms with Crippen LogP contribution in [0.3, 0.4) is 0 Å². The Morgan fingerprint density at radius 2 is 2.11 bits per heavy atom. The van der Waals surface area contributed by atoms with Crippen molar-refractivity contribution >= 4 is 43.3 Å². The molecule has 3 nitrogen and oxygen atoms in total. The SMILES string of the molecule is Brc1ccc(CNc2nccs2)c2ncccc12. The Hall–Kier alpha value is -1.46. The molecule has 0 aliphatic rings. The third kappa shape index (κ3) is 2.23. The molecule has 0 aliphatic heterocycles. The Balaban J connectivity index is 1.94. The number of hydrogen-bond acceptors (Lipinski definition) is 4. The monoisotopic (exact) mass is 319 g/mol. The molecule has 0 spiro atoms. The van der Waals surface area contributed by atoms with Gasteiger partial charge in [-0.1, -0.05) is 28.1 Å². The molecule has 0 atom stereocenters. The van der Waals surface area contributed by atoms with Gasteiger partial charge in [-0.15, -0.1) is 11.3 Å². The first kappa shape index (κ1) is 11.6. The normalized spacial score (nSPS) is 10.7. The van der Waals surface area contributed by atoms with Gasteiger partial charge in [0, 0.05) is 34.2 Å². The fourth-order valence-electron chi connectivity index (χ4n) is 1.82. The van der Waals surface area contributed by atoms with Gasteiger partial charge in [0.05, 0.1) is 5.52 Å². The van der Waals surface area contributed by atoms with Crippen molar-refractivity contribution in [2.24, 2.45) is 0 Å². The summed E-state index contributed by atoms with van der Waals surface area (Å²) in [6.45, 7) is 0.730. The average molecular weight is 320 g/mol. The summed E-state index contributed by atoms with van der Waals surface area (Å²) in [6.07, 6.45) is 3.62. The van der Waals surface area contributed by atoms with E-state index in [1.165, 1.54) is 5.56 Å². The van der Waals surface area contributed by atoms with Gasteiger partial charge in [-0.25, -0.2) is 4.98 Å². The fourth-order valence-corrected chi connectivity index (χ4v) is 2.80. The molecule has 2 aromatic heterocycles. The molecule has 2 heterocycles. The summed E-state index contributed by atoms with van der Waals surface area (Å²) in [5.74, 6) is 0. The lowest BCUT2D eigenvalue weighted by Crippen LogP contribution is -2.00. The van der Waals surface area contributed by atoms with Crippen LogP contribution in [0.4, 0.5) is 5.13 Å². The summed E-state index contributed by atoms with van der Waals surface area (Å²) in [4.78, 5) is 8.66. The maximum absolute atomic E-state index is 4.45. The molecule has 0 bridgehead atoms. The summed E-state index contributed by atoms with van der Waals surface area (Å²) in [7, 11) is 0. The van der Waals surface area contributed by atoms with Gasteiger partial charge in [0.2, 0.25) is 0 Å². The quantitative estimate of drug-likeness (QED) is 0.790. The van der Waals surface area contributed by atoms with Crippen LogP contribution in [0.15, 0.2) is 46.5 Å². The van der Waals surface area contributed by atoms with Crippen LogP contribution in [-0.4, -0.2) is 9.97 Å². The van der Waals surface area contributed by atoms with E-state index in [2.05, 4.69) is 49.4 Å². The number of nitrogens with zero attached hydrogens (tertiary/aromatic N) is 2. The van der Waals surface area contributed by atoms with Gasteiger partial charge in [-0.2, -0.15) is 0 Å². The summed E-state index contributed by atoms with van der Waals surface area (Å²) in [5.41, 5.74) is 2.19. The van der Waals surface area contributed by atoms with E-state index >= 15 is 0 Å². The highest BCUT2D eigenvalue weighted by molar-refractivity contribution is 9.10. The minimum absolute atomic E-state index is 0.730. The second-order valence-corrected chi connectivity index (χ2v) is 5.55. The van der Waals surface area contributed by atoms with Crippen molar-refractivity contribution < 1.29 is 0 Å². The Labute approximate surface area is 117 Å². The van der Waals surface area contributed by atoms with Gasteiger partial charge in [-0.05, 0) is 17.7 Å². The minimum Gasteiger partial charge on any atom is -0.357 e. The zero-order valence-corrected chi connectivity index (χ0v) is 11.8. The number of benzene rings is 1. The van der Waals surface area contributed by atoms with Crippen molar-refractivity contribution in [3.63, 3.8) is 0 Å². The molecule has 1 N–H and O–H groups in total. The molecule has 0 saturated carbocycles. The number of pyridine rings is 1. The topological polar surface area (TPSA) is 37.8 Å². The zero-order chi connectivity index (χ0) is 12.4. The molecule has 0 radical (unpaired) electrons. The van der Waals surface area contributed by atoms with E-state index in [9.17, 15) is 0 Å². The summed E-state index contributed by atoms with van der Waals surface area (Å²) >= 11 is 5.15. The number of hydrogen-bond donors (Lipinski definition) is 1. The van der Waals surface area contributed by atoms with Gasteiger partial charge in [-0.3, -0.25) is 4.98 Å². The molecular weight excluding hydrogens is 310 g/mol. The smallest absolute Gasteiger partial charge is 0.182 e. The number of rotatable bonds is 3. The van der Waals surface area contributed by atoms with E-state index in [1.54, 1.807) is 17.5 Å². The van der Waals surface area contributed by atoms with Crippen LogP contribution in [0.2, 0.25) is 0 Å². The molecule has 90 valence electrons. The largest absolute Gasteiger partial charge is 0.357 e. The highest BCUT2D eigenvalue weighted by atomic mass is 79.9. The van der Waals surface area contributed by atoms with Crippen LogP contribution in [-0.2, 0) is 6.54 Å². The molecule has 5 heteroatoms. The third-order valence-electron chi connectivity index (χ3n) is 2.66. The predicted molar refractivity (Wildman–Crippen MR) is 78.9 cm³/mol. The lowest BCUT2D eigenvalue weighted by Gasteiger charge is -2.07. The summed E-state index contributed by atoms with van der Waals surface area (Å²) in [5, 5.41) is 7.33. The number of fused-ring (bicyclic) bond motifs is 1. The van der Waals surface area contributed by atoms with Crippen molar-refractivity contribution in [3.8, 4) is 0 Å². The zero-order valence-electron chi connectivity index (χ0n) is 9.43.